The maximum absolute atomic E-state index is 12.9. The number of benzene rings is 2. The van der Waals surface area contributed by atoms with Crippen LogP contribution in [-0.4, -0.2) is 42.4 Å². The number of likely N-dealkylation sites (tertiary alicyclic amines) is 1. The van der Waals surface area contributed by atoms with Gasteiger partial charge in [0.15, 0.2) is 0 Å². The van der Waals surface area contributed by atoms with Gasteiger partial charge >= 0.3 is 0 Å². The van der Waals surface area contributed by atoms with E-state index in [2.05, 4.69) is 35.2 Å². The van der Waals surface area contributed by atoms with Crippen LogP contribution in [-0.2, 0) is 11.3 Å². The van der Waals surface area contributed by atoms with Crippen molar-refractivity contribution in [2.24, 2.45) is 17.6 Å². The van der Waals surface area contributed by atoms with Crippen LogP contribution < -0.4 is 5.73 Å². The van der Waals surface area contributed by atoms with Crippen molar-refractivity contribution < 1.29 is 4.79 Å². The van der Waals surface area contributed by atoms with E-state index in [-0.39, 0.29) is 17.9 Å². The molecular weight excluding hydrogens is 334 g/mol. The molecule has 3 atom stereocenters. The third-order valence-electron chi connectivity index (χ3n) is 5.64. The molecule has 3 unspecified atom stereocenters. The molecule has 1 heterocycles. The second kappa shape index (κ2) is 9.16. The highest BCUT2D eigenvalue weighted by atomic mass is 16.2. The number of rotatable bonds is 7. The van der Waals surface area contributed by atoms with E-state index in [0.717, 1.165) is 38.2 Å². The zero-order valence-corrected chi connectivity index (χ0v) is 16.4. The highest BCUT2D eigenvalue weighted by Gasteiger charge is 2.29. The fourth-order valence-corrected chi connectivity index (χ4v) is 3.99. The van der Waals surface area contributed by atoms with E-state index in [1.165, 1.54) is 5.56 Å². The summed E-state index contributed by atoms with van der Waals surface area (Å²) in [5.41, 5.74) is 8.70. The number of hydrogen-bond donors (Lipinski definition) is 1. The third kappa shape index (κ3) is 5.18. The normalized spacial score (nSPS) is 19.6. The van der Waals surface area contributed by atoms with Gasteiger partial charge in [0, 0.05) is 32.7 Å². The maximum atomic E-state index is 12.9. The molecule has 0 bridgehead atoms. The van der Waals surface area contributed by atoms with Crippen LogP contribution in [0.4, 0.5) is 0 Å². The van der Waals surface area contributed by atoms with Gasteiger partial charge < -0.3 is 10.6 Å². The smallest absolute Gasteiger partial charge is 0.227 e. The van der Waals surface area contributed by atoms with Crippen molar-refractivity contribution in [2.75, 3.05) is 26.7 Å². The Labute approximate surface area is 163 Å². The highest BCUT2D eigenvalue weighted by molar-refractivity contribution is 5.79. The second-order valence-corrected chi connectivity index (χ2v) is 7.82. The summed E-state index contributed by atoms with van der Waals surface area (Å²) in [5, 5.41) is 0. The molecule has 4 heteroatoms. The average Bonchev–Trinajstić information content (AvgIpc) is 3.14. The van der Waals surface area contributed by atoms with Crippen molar-refractivity contribution in [2.45, 2.75) is 25.9 Å². The van der Waals surface area contributed by atoms with Gasteiger partial charge in [0.2, 0.25) is 5.91 Å². The highest BCUT2D eigenvalue weighted by Crippen LogP contribution is 2.23. The van der Waals surface area contributed by atoms with Gasteiger partial charge in [0.05, 0.1) is 5.92 Å². The molecular formula is C23H31N3O. The SMILES string of the molecule is CC(C(=O)N(C)CC1CCN(Cc2ccccc2)C1)C(N)c1ccccc1. The van der Waals surface area contributed by atoms with E-state index in [1.807, 2.05) is 49.2 Å². The Morgan fingerprint density at radius 1 is 1.15 bits per heavy atom. The maximum Gasteiger partial charge on any atom is 0.227 e. The zero-order valence-electron chi connectivity index (χ0n) is 16.4. The number of carbonyl (C=O) groups is 1. The molecule has 2 aromatic carbocycles. The monoisotopic (exact) mass is 365 g/mol. The minimum absolute atomic E-state index is 0.132. The van der Waals surface area contributed by atoms with Gasteiger partial charge in [0.1, 0.15) is 0 Å². The summed E-state index contributed by atoms with van der Waals surface area (Å²) in [5.74, 6) is 0.440. The quantitative estimate of drug-likeness (QED) is 0.819. The van der Waals surface area contributed by atoms with Crippen molar-refractivity contribution >= 4 is 5.91 Å². The molecule has 1 aliphatic rings. The van der Waals surface area contributed by atoms with Crippen LogP contribution in [0.1, 0.15) is 30.5 Å². The van der Waals surface area contributed by atoms with Crippen molar-refractivity contribution in [3.63, 3.8) is 0 Å². The van der Waals surface area contributed by atoms with Gasteiger partial charge in [-0.15, -0.1) is 0 Å². The molecule has 4 nitrogen and oxygen atoms in total. The van der Waals surface area contributed by atoms with Crippen LogP contribution in [0, 0.1) is 11.8 Å². The van der Waals surface area contributed by atoms with Crippen molar-refractivity contribution in [1.82, 2.24) is 9.80 Å². The molecule has 1 fully saturated rings. The summed E-state index contributed by atoms with van der Waals surface area (Å²) >= 11 is 0. The van der Waals surface area contributed by atoms with Crippen LogP contribution in [0.2, 0.25) is 0 Å². The lowest BCUT2D eigenvalue weighted by Gasteiger charge is -2.27. The summed E-state index contributed by atoms with van der Waals surface area (Å²) in [6.07, 6.45) is 1.14. The van der Waals surface area contributed by atoms with E-state index >= 15 is 0 Å². The fraction of sp³-hybridized carbons (Fsp3) is 0.435. The molecule has 0 spiro atoms. The van der Waals surface area contributed by atoms with E-state index in [9.17, 15) is 4.79 Å². The Bertz CT molecular complexity index is 719. The standard InChI is InChI=1S/C23H31N3O/c1-18(22(24)21-11-7-4-8-12-21)23(27)25(2)15-20-13-14-26(17-20)16-19-9-5-3-6-10-19/h3-12,18,20,22H,13-17,24H2,1-2H3. The molecule has 0 saturated carbocycles. The number of carbonyl (C=O) groups excluding carboxylic acids is 1. The van der Waals surface area contributed by atoms with Crippen LogP contribution in [0.3, 0.4) is 0 Å². The molecule has 3 rings (SSSR count). The largest absolute Gasteiger partial charge is 0.345 e. The topological polar surface area (TPSA) is 49.6 Å². The van der Waals surface area contributed by atoms with E-state index in [4.69, 9.17) is 5.73 Å². The van der Waals surface area contributed by atoms with Gasteiger partial charge in [-0.2, -0.15) is 0 Å². The average molecular weight is 366 g/mol. The first kappa shape index (κ1) is 19.6. The van der Waals surface area contributed by atoms with Gasteiger partial charge in [-0.25, -0.2) is 0 Å². The molecule has 0 radical (unpaired) electrons. The van der Waals surface area contributed by atoms with Gasteiger partial charge in [-0.1, -0.05) is 67.6 Å². The van der Waals surface area contributed by atoms with Crippen LogP contribution >= 0.6 is 0 Å². The van der Waals surface area contributed by atoms with Crippen LogP contribution in [0.15, 0.2) is 60.7 Å². The molecule has 0 aromatic heterocycles. The summed E-state index contributed by atoms with van der Waals surface area (Å²) in [6.45, 7) is 5.87. The Balaban J connectivity index is 1.49. The lowest BCUT2D eigenvalue weighted by atomic mass is 9.94. The second-order valence-electron chi connectivity index (χ2n) is 7.82. The number of hydrogen-bond acceptors (Lipinski definition) is 3. The third-order valence-corrected chi connectivity index (χ3v) is 5.64. The Hall–Kier alpha value is -2.17. The zero-order chi connectivity index (χ0) is 19.2. The minimum atomic E-state index is -0.265. The lowest BCUT2D eigenvalue weighted by molar-refractivity contribution is -0.134. The first-order chi connectivity index (χ1) is 13.0. The molecule has 27 heavy (non-hydrogen) atoms. The predicted molar refractivity (Wildman–Crippen MR) is 110 cm³/mol. The van der Waals surface area contributed by atoms with E-state index in [1.54, 1.807) is 0 Å². The molecule has 1 aliphatic heterocycles. The Morgan fingerprint density at radius 2 is 1.78 bits per heavy atom. The van der Waals surface area contributed by atoms with Gasteiger partial charge in [0.25, 0.3) is 0 Å². The summed E-state index contributed by atoms with van der Waals surface area (Å²) in [7, 11) is 1.91. The van der Waals surface area contributed by atoms with Crippen molar-refractivity contribution in [3.8, 4) is 0 Å². The molecule has 2 N–H and O–H groups in total. The molecule has 2 aromatic rings. The number of nitrogens with zero attached hydrogens (tertiary/aromatic N) is 2. The van der Waals surface area contributed by atoms with E-state index in [0.29, 0.717) is 5.92 Å². The summed E-state index contributed by atoms with van der Waals surface area (Å²) in [6, 6.07) is 20.2. The van der Waals surface area contributed by atoms with Gasteiger partial charge in [-0.05, 0) is 30.0 Å². The minimum Gasteiger partial charge on any atom is -0.345 e. The summed E-state index contributed by atoms with van der Waals surface area (Å²) < 4.78 is 0. The number of amides is 1. The molecule has 0 aliphatic carbocycles. The fourth-order valence-electron chi connectivity index (χ4n) is 3.99. The molecule has 1 saturated heterocycles. The Kier molecular flexibility index (Phi) is 6.64. The first-order valence-electron chi connectivity index (χ1n) is 9.86. The molecule has 144 valence electrons. The first-order valence-corrected chi connectivity index (χ1v) is 9.86. The van der Waals surface area contributed by atoms with E-state index < -0.39 is 0 Å². The van der Waals surface area contributed by atoms with Crippen molar-refractivity contribution in [1.29, 1.82) is 0 Å². The predicted octanol–water partition coefficient (Wildman–Crippen LogP) is 3.30. The van der Waals surface area contributed by atoms with Gasteiger partial charge in [-0.3, -0.25) is 9.69 Å². The summed E-state index contributed by atoms with van der Waals surface area (Å²) in [4.78, 5) is 17.2. The van der Waals surface area contributed by atoms with Crippen LogP contribution in [0.25, 0.3) is 0 Å². The van der Waals surface area contributed by atoms with Crippen molar-refractivity contribution in [3.05, 3.63) is 71.8 Å². The molecule has 1 amide bonds. The lowest BCUT2D eigenvalue weighted by Crippen LogP contribution is -2.39. The van der Waals surface area contributed by atoms with Crippen LogP contribution in [0.5, 0.6) is 0 Å². The Morgan fingerprint density at radius 3 is 2.44 bits per heavy atom. The number of nitrogens with two attached hydrogens (primary N) is 1.